The Morgan fingerprint density at radius 3 is 1.76 bits per heavy atom. The average molecular weight is 494 g/mol. The molecule has 0 saturated carbocycles. The zero-order chi connectivity index (χ0) is 26.1. The average Bonchev–Trinajstić information content (AvgIpc) is 2.71. The van der Waals surface area contributed by atoms with Crippen LogP contribution in [0.5, 0.6) is 0 Å². The molecule has 192 valence electrons. The number of ether oxygens (including phenoxy) is 1. The van der Waals surface area contributed by atoms with E-state index in [4.69, 9.17) is 4.74 Å². The Morgan fingerprint density at radius 2 is 1.29 bits per heavy atom. The van der Waals surface area contributed by atoms with Gasteiger partial charge in [0, 0.05) is 16.7 Å². The number of thioether (sulfide) groups is 1. The summed E-state index contributed by atoms with van der Waals surface area (Å²) < 4.78 is 5.30. The van der Waals surface area contributed by atoms with Gasteiger partial charge < -0.3 is 20.7 Å². The van der Waals surface area contributed by atoms with Crippen LogP contribution in [0.25, 0.3) is 0 Å². The number of hydrogen-bond donors (Lipinski definition) is 3. The van der Waals surface area contributed by atoms with E-state index in [0.717, 1.165) is 10.6 Å². The van der Waals surface area contributed by atoms with E-state index in [0.29, 0.717) is 0 Å². The number of hydrogen-bond acceptors (Lipinski definition) is 5. The SMILES string of the molecule is CC(C)[C@H](NC(=O)OC(C)(C)C)C(=O)N[C@H](C(=O)N[C@H](CSc1ccccc1)C(C)C)C(C)C. The first-order valence-corrected chi connectivity index (χ1v) is 13.0. The van der Waals surface area contributed by atoms with E-state index in [1.165, 1.54) is 0 Å². The van der Waals surface area contributed by atoms with Crippen LogP contribution in [-0.4, -0.2) is 47.4 Å². The first kappa shape index (κ1) is 29.8. The standard InChI is InChI=1S/C26H43N3O4S/c1-16(2)20(15-34-19-13-11-10-12-14-19)27-23(30)21(17(3)4)28-24(31)22(18(5)6)29-25(32)33-26(7,8)9/h10-14,16-18,20-22H,15H2,1-9H3,(H,27,30)(H,28,31)(H,29,32)/t20-,21+,22+/m1/s1. The Morgan fingerprint density at radius 1 is 0.794 bits per heavy atom. The number of rotatable bonds is 11. The smallest absolute Gasteiger partial charge is 0.408 e. The fourth-order valence-corrected chi connectivity index (χ4v) is 4.31. The molecular formula is C26H43N3O4S. The lowest BCUT2D eigenvalue weighted by atomic mass is 9.98. The number of alkyl carbamates (subject to hydrolysis) is 1. The normalized spacial score (nSPS) is 14.5. The highest BCUT2D eigenvalue weighted by Gasteiger charge is 2.32. The van der Waals surface area contributed by atoms with Crippen molar-refractivity contribution >= 4 is 29.7 Å². The van der Waals surface area contributed by atoms with Crippen molar-refractivity contribution in [1.29, 1.82) is 0 Å². The number of carbonyl (C=O) groups is 3. The van der Waals surface area contributed by atoms with Gasteiger partial charge in [0.1, 0.15) is 17.7 Å². The summed E-state index contributed by atoms with van der Waals surface area (Å²) in [4.78, 5) is 39.7. The Hall–Kier alpha value is -2.22. The second-order valence-corrected chi connectivity index (χ2v) is 11.7. The highest BCUT2D eigenvalue weighted by Crippen LogP contribution is 2.20. The molecule has 0 saturated heterocycles. The zero-order valence-corrected chi connectivity index (χ0v) is 22.9. The summed E-state index contributed by atoms with van der Waals surface area (Å²) in [5.41, 5.74) is -0.675. The summed E-state index contributed by atoms with van der Waals surface area (Å²) in [7, 11) is 0. The van der Waals surface area contributed by atoms with Crippen LogP contribution >= 0.6 is 11.8 Å². The summed E-state index contributed by atoms with van der Waals surface area (Å²) in [6.07, 6.45) is -0.662. The number of amides is 3. The molecule has 1 aromatic rings. The molecule has 0 aromatic heterocycles. The van der Waals surface area contributed by atoms with Crippen molar-refractivity contribution in [3.63, 3.8) is 0 Å². The van der Waals surface area contributed by atoms with E-state index >= 15 is 0 Å². The van der Waals surface area contributed by atoms with Gasteiger partial charge in [-0.25, -0.2) is 4.79 Å². The van der Waals surface area contributed by atoms with Crippen LogP contribution in [0, 0.1) is 17.8 Å². The molecule has 34 heavy (non-hydrogen) atoms. The van der Waals surface area contributed by atoms with E-state index in [-0.39, 0.29) is 29.7 Å². The fourth-order valence-electron chi connectivity index (χ4n) is 3.12. The Kier molecular flexibility index (Phi) is 11.9. The minimum absolute atomic E-state index is 0.0587. The molecule has 0 spiro atoms. The highest BCUT2D eigenvalue weighted by atomic mass is 32.2. The minimum atomic E-state index is -0.821. The first-order chi connectivity index (χ1) is 15.7. The fraction of sp³-hybridized carbons (Fsp3) is 0.654. The van der Waals surface area contributed by atoms with Gasteiger partial charge in [0.2, 0.25) is 11.8 Å². The maximum absolute atomic E-state index is 13.2. The van der Waals surface area contributed by atoms with E-state index in [1.54, 1.807) is 32.5 Å². The summed E-state index contributed by atoms with van der Waals surface area (Å²) in [6, 6.07) is 8.45. The van der Waals surface area contributed by atoms with Crippen LogP contribution in [0.1, 0.15) is 62.3 Å². The van der Waals surface area contributed by atoms with Gasteiger partial charge in [-0.05, 0) is 50.7 Å². The molecule has 0 bridgehead atoms. The lowest BCUT2D eigenvalue weighted by Crippen LogP contribution is -2.58. The molecule has 0 aliphatic heterocycles. The van der Waals surface area contributed by atoms with Crippen molar-refractivity contribution < 1.29 is 19.1 Å². The van der Waals surface area contributed by atoms with Gasteiger partial charge in [0.05, 0.1) is 0 Å². The molecule has 0 aliphatic rings. The zero-order valence-electron chi connectivity index (χ0n) is 22.1. The molecule has 7 nitrogen and oxygen atoms in total. The molecule has 1 rings (SSSR count). The molecule has 8 heteroatoms. The molecule has 3 amide bonds. The van der Waals surface area contributed by atoms with Crippen LogP contribution in [-0.2, 0) is 14.3 Å². The van der Waals surface area contributed by atoms with Crippen LogP contribution in [0.3, 0.4) is 0 Å². The molecule has 1 aromatic carbocycles. The topological polar surface area (TPSA) is 96.5 Å². The largest absolute Gasteiger partial charge is 0.444 e. The van der Waals surface area contributed by atoms with Gasteiger partial charge in [-0.1, -0.05) is 59.7 Å². The number of carbonyl (C=O) groups excluding carboxylic acids is 3. The summed E-state index contributed by atoms with van der Waals surface area (Å²) >= 11 is 1.69. The molecule has 3 atom stereocenters. The van der Waals surface area contributed by atoms with Gasteiger partial charge in [-0.2, -0.15) is 0 Å². The Labute approximate surface area is 209 Å². The maximum atomic E-state index is 13.2. The first-order valence-electron chi connectivity index (χ1n) is 12.0. The quantitative estimate of drug-likeness (QED) is 0.391. The van der Waals surface area contributed by atoms with Crippen molar-refractivity contribution in [3.8, 4) is 0 Å². The number of nitrogens with one attached hydrogen (secondary N) is 3. The second kappa shape index (κ2) is 13.6. The van der Waals surface area contributed by atoms with Crippen molar-refractivity contribution in [2.24, 2.45) is 17.8 Å². The van der Waals surface area contributed by atoms with Gasteiger partial charge in [-0.15, -0.1) is 11.8 Å². The van der Waals surface area contributed by atoms with Crippen LogP contribution < -0.4 is 16.0 Å². The predicted octanol–water partition coefficient (Wildman–Crippen LogP) is 4.61. The molecule has 0 fully saturated rings. The van der Waals surface area contributed by atoms with E-state index in [1.807, 2.05) is 58.0 Å². The van der Waals surface area contributed by atoms with Crippen molar-refractivity contribution in [2.75, 3.05) is 5.75 Å². The lowest BCUT2D eigenvalue weighted by Gasteiger charge is -2.30. The van der Waals surface area contributed by atoms with E-state index in [9.17, 15) is 14.4 Å². The van der Waals surface area contributed by atoms with Gasteiger partial charge in [0.25, 0.3) is 0 Å². The molecular weight excluding hydrogens is 450 g/mol. The summed E-state index contributed by atoms with van der Waals surface area (Å²) in [5, 5.41) is 8.63. The molecule has 0 heterocycles. The third-order valence-corrected chi connectivity index (χ3v) is 6.30. The third-order valence-electron chi connectivity index (χ3n) is 5.17. The molecule has 3 N–H and O–H groups in total. The molecule has 0 unspecified atom stereocenters. The highest BCUT2D eigenvalue weighted by molar-refractivity contribution is 7.99. The second-order valence-electron chi connectivity index (χ2n) is 10.6. The van der Waals surface area contributed by atoms with Crippen molar-refractivity contribution in [3.05, 3.63) is 30.3 Å². The summed E-state index contributed by atoms with van der Waals surface area (Å²) in [5.74, 6) is -0.00565. The maximum Gasteiger partial charge on any atom is 0.408 e. The van der Waals surface area contributed by atoms with Gasteiger partial charge in [-0.3, -0.25) is 9.59 Å². The third kappa shape index (κ3) is 10.8. The Balaban J connectivity index is 2.85. The lowest BCUT2D eigenvalue weighted by molar-refractivity contribution is -0.132. The predicted molar refractivity (Wildman–Crippen MR) is 139 cm³/mol. The number of benzene rings is 1. The molecule has 0 radical (unpaired) electrons. The van der Waals surface area contributed by atoms with Crippen molar-refractivity contribution in [1.82, 2.24) is 16.0 Å². The van der Waals surface area contributed by atoms with Crippen LogP contribution in [0.15, 0.2) is 35.2 Å². The minimum Gasteiger partial charge on any atom is -0.444 e. The van der Waals surface area contributed by atoms with E-state index in [2.05, 4.69) is 29.8 Å². The monoisotopic (exact) mass is 493 g/mol. The van der Waals surface area contributed by atoms with Gasteiger partial charge >= 0.3 is 6.09 Å². The summed E-state index contributed by atoms with van der Waals surface area (Å²) in [6.45, 7) is 16.9. The Bertz CT molecular complexity index is 791. The van der Waals surface area contributed by atoms with Crippen LogP contribution in [0.2, 0.25) is 0 Å². The van der Waals surface area contributed by atoms with Gasteiger partial charge in [0.15, 0.2) is 0 Å². The molecule has 0 aliphatic carbocycles. The van der Waals surface area contributed by atoms with Crippen LogP contribution in [0.4, 0.5) is 4.79 Å². The van der Waals surface area contributed by atoms with Crippen molar-refractivity contribution in [2.45, 2.75) is 90.9 Å². The van der Waals surface area contributed by atoms with E-state index < -0.39 is 29.7 Å².